The summed E-state index contributed by atoms with van der Waals surface area (Å²) < 4.78 is 0. The third-order valence-corrected chi connectivity index (χ3v) is 6.85. The first kappa shape index (κ1) is 17.3. The van der Waals surface area contributed by atoms with Crippen molar-refractivity contribution in [3.05, 3.63) is 0 Å². The fourth-order valence-corrected chi connectivity index (χ4v) is 5.04. The summed E-state index contributed by atoms with van der Waals surface area (Å²) in [6, 6.07) is 0.804. The maximum Gasteiger partial charge on any atom is 0.0124 e. The molecule has 4 atom stereocenters. The van der Waals surface area contributed by atoms with E-state index in [1.165, 1.54) is 44.9 Å². The van der Waals surface area contributed by atoms with Gasteiger partial charge < -0.3 is 5.32 Å². The summed E-state index contributed by atoms with van der Waals surface area (Å²) in [5.74, 6) is 5.65. The van der Waals surface area contributed by atoms with Crippen molar-refractivity contribution in [2.24, 2.45) is 35.5 Å². The van der Waals surface area contributed by atoms with Crippen molar-refractivity contribution in [3.63, 3.8) is 0 Å². The first-order valence-electron chi connectivity index (χ1n) is 9.76. The van der Waals surface area contributed by atoms with Gasteiger partial charge >= 0.3 is 0 Å². The van der Waals surface area contributed by atoms with Gasteiger partial charge in [0.1, 0.15) is 0 Å². The Morgan fingerprint density at radius 2 is 1.38 bits per heavy atom. The van der Waals surface area contributed by atoms with Gasteiger partial charge in [0.15, 0.2) is 0 Å². The molecule has 0 bridgehead atoms. The number of hydrogen-bond acceptors (Lipinski definition) is 1. The number of hydrogen-bond donors (Lipinski definition) is 1. The molecule has 124 valence electrons. The Balaban J connectivity index is 1.93. The SMILES string of the molecule is CCNC(C1CCC(C(C)C)CC1)C1CCC(C)C(C)C1. The van der Waals surface area contributed by atoms with Gasteiger partial charge in [-0.1, -0.05) is 41.0 Å². The summed E-state index contributed by atoms with van der Waals surface area (Å²) in [7, 11) is 0. The summed E-state index contributed by atoms with van der Waals surface area (Å²) in [6.07, 6.45) is 10.3. The summed E-state index contributed by atoms with van der Waals surface area (Å²) in [6.45, 7) is 13.2. The van der Waals surface area contributed by atoms with Crippen LogP contribution in [0.5, 0.6) is 0 Å². The molecule has 0 aromatic rings. The van der Waals surface area contributed by atoms with Gasteiger partial charge in [-0.25, -0.2) is 0 Å². The van der Waals surface area contributed by atoms with Gasteiger partial charge in [0.2, 0.25) is 0 Å². The molecular formula is C20H39N. The first-order valence-corrected chi connectivity index (χ1v) is 9.76. The van der Waals surface area contributed by atoms with Gasteiger partial charge in [-0.3, -0.25) is 0 Å². The van der Waals surface area contributed by atoms with Crippen LogP contribution in [0.25, 0.3) is 0 Å². The predicted octanol–water partition coefficient (Wildman–Crippen LogP) is 5.50. The minimum absolute atomic E-state index is 0.804. The van der Waals surface area contributed by atoms with E-state index in [0.29, 0.717) is 0 Å². The van der Waals surface area contributed by atoms with E-state index in [2.05, 4.69) is 39.9 Å². The molecule has 1 nitrogen and oxygen atoms in total. The van der Waals surface area contributed by atoms with Gasteiger partial charge in [-0.05, 0) is 80.6 Å². The van der Waals surface area contributed by atoms with Gasteiger partial charge in [0.25, 0.3) is 0 Å². The summed E-state index contributed by atoms with van der Waals surface area (Å²) >= 11 is 0. The highest BCUT2D eigenvalue weighted by Crippen LogP contribution is 2.41. The molecule has 0 heterocycles. The van der Waals surface area contributed by atoms with Crippen LogP contribution in [0, 0.1) is 35.5 Å². The highest BCUT2D eigenvalue weighted by Gasteiger charge is 2.36. The van der Waals surface area contributed by atoms with Gasteiger partial charge in [0.05, 0.1) is 0 Å². The van der Waals surface area contributed by atoms with E-state index in [0.717, 1.165) is 48.1 Å². The monoisotopic (exact) mass is 293 g/mol. The molecule has 0 saturated heterocycles. The summed E-state index contributed by atoms with van der Waals surface area (Å²) in [5.41, 5.74) is 0. The molecule has 2 aliphatic carbocycles. The van der Waals surface area contributed by atoms with Crippen LogP contribution in [0.4, 0.5) is 0 Å². The lowest BCUT2D eigenvalue weighted by Gasteiger charge is -2.43. The lowest BCUT2D eigenvalue weighted by Crippen LogP contribution is -2.46. The van der Waals surface area contributed by atoms with Crippen LogP contribution in [0.3, 0.4) is 0 Å². The Morgan fingerprint density at radius 3 is 1.90 bits per heavy atom. The standard InChI is InChI=1S/C20H39N/c1-6-21-20(19-8-7-15(4)16(5)13-19)18-11-9-17(10-12-18)14(2)3/h14-21H,6-13H2,1-5H3. The van der Waals surface area contributed by atoms with Crippen LogP contribution in [0.1, 0.15) is 79.6 Å². The smallest absolute Gasteiger partial charge is 0.0124 e. The highest BCUT2D eigenvalue weighted by atomic mass is 14.9. The average molecular weight is 294 g/mol. The molecule has 2 aliphatic rings. The molecular weight excluding hydrogens is 254 g/mol. The Hall–Kier alpha value is -0.0400. The van der Waals surface area contributed by atoms with Crippen LogP contribution < -0.4 is 5.32 Å². The second kappa shape index (κ2) is 7.99. The molecule has 21 heavy (non-hydrogen) atoms. The molecule has 1 heteroatoms. The number of rotatable bonds is 5. The van der Waals surface area contributed by atoms with Gasteiger partial charge in [-0.15, -0.1) is 0 Å². The van der Waals surface area contributed by atoms with Gasteiger partial charge in [0, 0.05) is 6.04 Å². The zero-order valence-corrected chi connectivity index (χ0v) is 15.2. The van der Waals surface area contributed by atoms with Crippen molar-refractivity contribution in [2.45, 2.75) is 85.6 Å². The molecule has 0 aromatic carbocycles. The minimum Gasteiger partial charge on any atom is -0.314 e. The highest BCUT2D eigenvalue weighted by molar-refractivity contribution is 4.90. The Bertz CT molecular complexity index is 290. The van der Waals surface area contributed by atoms with E-state index in [1.807, 2.05) is 0 Å². The Morgan fingerprint density at radius 1 is 0.810 bits per heavy atom. The van der Waals surface area contributed by atoms with Crippen molar-refractivity contribution in [3.8, 4) is 0 Å². The van der Waals surface area contributed by atoms with Crippen LogP contribution in [0.2, 0.25) is 0 Å². The van der Waals surface area contributed by atoms with Crippen LogP contribution >= 0.6 is 0 Å². The van der Waals surface area contributed by atoms with Crippen molar-refractivity contribution in [1.82, 2.24) is 5.32 Å². The second-order valence-electron chi connectivity index (χ2n) is 8.53. The summed E-state index contributed by atoms with van der Waals surface area (Å²) in [4.78, 5) is 0. The zero-order chi connectivity index (χ0) is 15.4. The normalized spacial score (nSPS) is 39.4. The van der Waals surface area contributed by atoms with Crippen molar-refractivity contribution in [2.75, 3.05) is 6.54 Å². The molecule has 0 spiro atoms. The lowest BCUT2D eigenvalue weighted by molar-refractivity contribution is 0.108. The fraction of sp³-hybridized carbons (Fsp3) is 1.00. The minimum atomic E-state index is 0.804. The third kappa shape index (κ3) is 4.47. The molecule has 2 fully saturated rings. The van der Waals surface area contributed by atoms with Crippen molar-refractivity contribution < 1.29 is 0 Å². The molecule has 4 unspecified atom stereocenters. The molecule has 0 amide bonds. The van der Waals surface area contributed by atoms with Crippen LogP contribution in [0.15, 0.2) is 0 Å². The van der Waals surface area contributed by atoms with E-state index >= 15 is 0 Å². The number of nitrogens with one attached hydrogen (secondary N) is 1. The van der Waals surface area contributed by atoms with E-state index < -0.39 is 0 Å². The molecule has 0 radical (unpaired) electrons. The molecule has 2 rings (SSSR count). The molecule has 0 aliphatic heterocycles. The molecule has 0 aromatic heterocycles. The molecule has 1 N–H and O–H groups in total. The molecule has 2 saturated carbocycles. The van der Waals surface area contributed by atoms with Crippen LogP contribution in [-0.2, 0) is 0 Å². The quantitative estimate of drug-likeness (QED) is 0.706. The average Bonchev–Trinajstić information content (AvgIpc) is 2.48. The predicted molar refractivity (Wildman–Crippen MR) is 93.4 cm³/mol. The third-order valence-electron chi connectivity index (χ3n) is 6.85. The second-order valence-corrected chi connectivity index (χ2v) is 8.53. The largest absolute Gasteiger partial charge is 0.314 e. The van der Waals surface area contributed by atoms with Crippen LogP contribution in [-0.4, -0.2) is 12.6 Å². The first-order chi connectivity index (χ1) is 10.0. The van der Waals surface area contributed by atoms with Crippen molar-refractivity contribution in [1.29, 1.82) is 0 Å². The van der Waals surface area contributed by atoms with E-state index in [-0.39, 0.29) is 0 Å². The van der Waals surface area contributed by atoms with E-state index in [9.17, 15) is 0 Å². The summed E-state index contributed by atoms with van der Waals surface area (Å²) in [5, 5.41) is 3.90. The van der Waals surface area contributed by atoms with E-state index in [1.54, 1.807) is 0 Å². The topological polar surface area (TPSA) is 12.0 Å². The maximum absolute atomic E-state index is 3.90. The maximum atomic E-state index is 3.90. The van der Waals surface area contributed by atoms with Gasteiger partial charge in [-0.2, -0.15) is 0 Å². The van der Waals surface area contributed by atoms with E-state index in [4.69, 9.17) is 0 Å². The Kier molecular flexibility index (Phi) is 6.59. The Labute approximate surface area is 133 Å². The van der Waals surface area contributed by atoms with Crippen molar-refractivity contribution >= 4 is 0 Å². The zero-order valence-electron chi connectivity index (χ0n) is 15.2. The fourth-order valence-electron chi connectivity index (χ4n) is 5.04. The lowest BCUT2D eigenvalue weighted by atomic mass is 9.67.